The van der Waals surface area contributed by atoms with E-state index in [-0.39, 0.29) is 29.6 Å². The maximum absolute atomic E-state index is 6.05. The van der Waals surface area contributed by atoms with Crippen molar-refractivity contribution in [1.29, 1.82) is 0 Å². The van der Waals surface area contributed by atoms with Crippen LogP contribution in [0.3, 0.4) is 0 Å². The highest BCUT2D eigenvalue weighted by Crippen LogP contribution is 2.23. The molecular formula is C20H31IN4OS. The number of para-hydroxylation sites is 1. The molecular weight excluding hydrogens is 471 g/mol. The number of thiazole rings is 1. The van der Waals surface area contributed by atoms with Crippen LogP contribution in [0.25, 0.3) is 0 Å². The van der Waals surface area contributed by atoms with Gasteiger partial charge in [-0.1, -0.05) is 18.2 Å². The molecule has 0 aliphatic heterocycles. The first kappa shape index (κ1) is 23.7. The Kier molecular flexibility index (Phi) is 9.52. The lowest BCUT2D eigenvalue weighted by atomic mass is 10.1. The van der Waals surface area contributed by atoms with Crippen molar-refractivity contribution in [2.75, 3.05) is 6.54 Å². The topological polar surface area (TPSA) is 58.5 Å². The van der Waals surface area contributed by atoms with Gasteiger partial charge >= 0.3 is 0 Å². The molecule has 7 heteroatoms. The van der Waals surface area contributed by atoms with Crippen molar-refractivity contribution in [2.45, 2.75) is 60.2 Å². The van der Waals surface area contributed by atoms with Crippen LogP contribution < -0.4 is 15.4 Å². The van der Waals surface area contributed by atoms with Gasteiger partial charge in [0.25, 0.3) is 0 Å². The largest absolute Gasteiger partial charge is 0.488 e. The zero-order chi connectivity index (χ0) is 19.2. The molecule has 0 unspecified atom stereocenters. The summed E-state index contributed by atoms with van der Waals surface area (Å²) in [4.78, 5) is 10.5. The lowest BCUT2D eigenvalue weighted by Gasteiger charge is -2.23. The van der Waals surface area contributed by atoms with Gasteiger partial charge in [0.05, 0.1) is 18.8 Å². The fourth-order valence-electron chi connectivity index (χ4n) is 2.34. The van der Waals surface area contributed by atoms with Gasteiger partial charge in [-0.05, 0) is 47.6 Å². The molecule has 1 heterocycles. The van der Waals surface area contributed by atoms with Crippen molar-refractivity contribution in [1.82, 2.24) is 15.6 Å². The number of halogens is 1. The van der Waals surface area contributed by atoms with Gasteiger partial charge in [0, 0.05) is 17.0 Å². The lowest BCUT2D eigenvalue weighted by molar-refractivity contribution is 0.129. The predicted molar refractivity (Wildman–Crippen MR) is 125 cm³/mol. The fourth-order valence-corrected chi connectivity index (χ4v) is 3.22. The van der Waals surface area contributed by atoms with E-state index in [1.54, 1.807) is 11.3 Å². The predicted octanol–water partition coefficient (Wildman–Crippen LogP) is 4.81. The second kappa shape index (κ2) is 10.8. The number of benzene rings is 1. The van der Waals surface area contributed by atoms with Crippen LogP contribution in [0, 0.1) is 13.8 Å². The maximum atomic E-state index is 6.05. The van der Waals surface area contributed by atoms with Crippen LogP contribution >= 0.6 is 35.3 Å². The molecule has 0 saturated heterocycles. The van der Waals surface area contributed by atoms with Gasteiger partial charge in [0.2, 0.25) is 0 Å². The third-order valence-electron chi connectivity index (χ3n) is 3.62. The van der Waals surface area contributed by atoms with E-state index in [1.165, 1.54) is 4.88 Å². The van der Waals surface area contributed by atoms with Crippen LogP contribution in [-0.2, 0) is 13.1 Å². The van der Waals surface area contributed by atoms with Crippen LogP contribution in [0.15, 0.2) is 29.3 Å². The average molecular weight is 502 g/mol. The minimum atomic E-state index is -0.233. The number of nitrogens with zero attached hydrogens (tertiary/aromatic N) is 2. The van der Waals surface area contributed by atoms with Gasteiger partial charge in [-0.3, -0.25) is 0 Å². The summed E-state index contributed by atoms with van der Waals surface area (Å²) in [6.45, 7) is 14.4. The minimum absolute atomic E-state index is 0. The van der Waals surface area contributed by atoms with Crippen molar-refractivity contribution >= 4 is 41.3 Å². The molecule has 150 valence electrons. The fraction of sp³-hybridized carbons (Fsp3) is 0.500. The summed E-state index contributed by atoms with van der Waals surface area (Å²) in [6.07, 6.45) is 0. The Bertz CT molecular complexity index is 733. The molecule has 0 aliphatic carbocycles. The third kappa shape index (κ3) is 8.04. The summed E-state index contributed by atoms with van der Waals surface area (Å²) in [5.41, 5.74) is 1.94. The first-order chi connectivity index (χ1) is 12.3. The van der Waals surface area contributed by atoms with Crippen molar-refractivity contribution in [2.24, 2.45) is 4.99 Å². The van der Waals surface area contributed by atoms with E-state index in [1.807, 2.05) is 25.1 Å². The van der Waals surface area contributed by atoms with Gasteiger partial charge in [0.15, 0.2) is 5.96 Å². The van der Waals surface area contributed by atoms with Gasteiger partial charge in [-0.25, -0.2) is 9.98 Å². The van der Waals surface area contributed by atoms with Crippen molar-refractivity contribution in [3.8, 4) is 5.75 Å². The molecule has 0 spiro atoms. The van der Waals surface area contributed by atoms with Crippen LogP contribution in [-0.4, -0.2) is 23.1 Å². The second-order valence-electron chi connectivity index (χ2n) is 7.12. The molecule has 0 amide bonds. The average Bonchev–Trinajstić information content (AvgIpc) is 2.88. The summed E-state index contributed by atoms with van der Waals surface area (Å²) >= 11 is 1.72. The standard InChI is InChI=1S/C20H30N4OS.HI/c1-7-21-19(23-13-18-24-14(2)15(3)26-18)22-12-16-10-8-9-11-17(16)25-20(4,5)6;/h8-11H,7,12-13H2,1-6H3,(H2,21,22,23);1H. The van der Waals surface area contributed by atoms with Crippen molar-refractivity contribution in [3.05, 3.63) is 45.4 Å². The number of aliphatic imine (C=N–C) groups is 1. The number of aromatic nitrogens is 1. The maximum Gasteiger partial charge on any atom is 0.191 e. The monoisotopic (exact) mass is 502 g/mol. The molecule has 2 aromatic rings. The molecule has 2 rings (SSSR count). The van der Waals surface area contributed by atoms with Crippen LogP contribution in [0.2, 0.25) is 0 Å². The van der Waals surface area contributed by atoms with E-state index in [9.17, 15) is 0 Å². The molecule has 1 aromatic carbocycles. The SMILES string of the molecule is CCNC(=NCc1ccccc1OC(C)(C)C)NCc1nc(C)c(C)s1.I. The number of aryl methyl sites for hydroxylation is 2. The molecule has 0 radical (unpaired) electrons. The Morgan fingerprint density at radius 3 is 2.48 bits per heavy atom. The van der Waals surface area contributed by atoms with Gasteiger partial charge in [-0.15, -0.1) is 35.3 Å². The Labute approximate surface area is 184 Å². The molecule has 1 aromatic heterocycles. The highest BCUT2D eigenvalue weighted by atomic mass is 127. The molecule has 0 fully saturated rings. The zero-order valence-electron chi connectivity index (χ0n) is 17.0. The van der Waals surface area contributed by atoms with E-state index >= 15 is 0 Å². The Morgan fingerprint density at radius 2 is 1.89 bits per heavy atom. The molecule has 0 saturated carbocycles. The summed E-state index contributed by atoms with van der Waals surface area (Å²) in [5.74, 6) is 1.66. The molecule has 0 bridgehead atoms. The Hall–Kier alpha value is -1.35. The minimum Gasteiger partial charge on any atom is -0.488 e. The molecule has 2 N–H and O–H groups in total. The van der Waals surface area contributed by atoms with E-state index in [2.05, 4.69) is 56.3 Å². The summed E-state index contributed by atoms with van der Waals surface area (Å²) < 4.78 is 6.05. The van der Waals surface area contributed by atoms with Gasteiger partial charge in [-0.2, -0.15) is 0 Å². The van der Waals surface area contributed by atoms with Gasteiger partial charge < -0.3 is 15.4 Å². The molecule has 5 nitrogen and oxygen atoms in total. The number of ether oxygens (including phenoxy) is 1. The van der Waals surface area contributed by atoms with E-state index < -0.39 is 0 Å². The van der Waals surface area contributed by atoms with E-state index in [0.717, 1.165) is 34.5 Å². The van der Waals surface area contributed by atoms with E-state index in [4.69, 9.17) is 9.73 Å². The second-order valence-corrected chi connectivity index (χ2v) is 8.41. The number of guanidine groups is 1. The summed E-state index contributed by atoms with van der Waals surface area (Å²) in [6, 6.07) is 8.06. The smallest absolute Gasteiger partial charge is 0.191 e. The number of nitrogens with one attached hydrogen (secondary N) is 2. The Balaban J connectivity index is 0.00000364. The lowest BCUT2D eigenvalue weighted by Crippen LogP contribution is -2.36. The first-order valence-corrected chi connectivity index (χ1v) is 9.82. The number of rotatable bonds is 6. The quantitative estimate of drug-likeness (QED) is 0.338. The highest BCUT2D eigenvalue weighted by Gasteiger charge is 2.14. The Morgan fingerprint density at radius 1 is 1.19 bits per heavy atom. The molecule has 27 heavy (non-hydrogen) atoms. The van der Waals surface area contributed by atoms with Crippen LogP contribution in [0.4, 0.5) is 0 Å². The van der Waals surface area contributed by atoms with E-state index in [0.29, 0.717) is 13.1 Å². The highest BCUT2D eigenvalue weighted by molar-refractivity contribution is 14.0. The first-order valence-electron chi connectivity index (χ1n) is 9.00. The number of hydrogen-bond acceptors (Lipinski definition) is 4. The molecule has 0 atom stereocenters. The third-order valence-corrected chi connectivity index (χ3v) is 4.69. The normalized spacial score (nSPS) is 11.7. The summed E-state index contributed by atoms with van der Waals surface area (Å²) in [7, 11) is 0. The molecule has 0 aliphatic rings. The van der Waals surface area contributed by atoms with Gasteiger partial charge in [0.1, 0.15) is 16.4 Å². The summed E-state index contributed by atoms with van der Waals surface area (Å²) in [5, 5.41) is 7.72. The number of hydrogen-bond donors (Lipinski definition) is 2. The van der Waals surface area contributed by atoms with Crippen molar-refractivity contribution in [3.63, 3.8) is 0 Å². The van der Waals surface area contributed by atoms with Crippen LogP contribution in [0.1, 0.15) is 48.8 Å². The zero-order valence-corrected chi connectivity index (χ0v) is 20.2. The van der Waals surface area contributed by atoms with Crippen LogP contribution in [0.5, 0.6) is 5.75 Å². The van der Waals surface area contributed by atoms with Crippen molar-refractivity contribution < 1.29 is 4.74 Å².